The lowest BCUT2D eigenvalue weighted by molar-refractivity contribution is 0.431. The Morgan fingerprint density at radius 2 is 2.19 bits per heavy atom. The number of hydrogen-bond donors (Lipinski definition) is 2. The summed E-state index contributed by atoms with van der Waals surface area (Å²) < 4.78 is 0. The van der Waals surface area contributed by atoms with Gasteiger partial charge in [-0.3, -0.25) is 4.99 Å². The summed E-state index contributed by atoms with van der Waals surface area (Å²) >= 11 is 1.72. The monoisotopic (exact) mass is 306 g/mol. The van der Waals surface area contributed by atoms with Crippen LogP contribution in [0.2, 0.25) is 0 Å². The molecule has 3 rings (SSSR count). The Morgan fingerprint density at radius 3 is 2.71 bits per heavy atom. The predicted octanol–water partition coefficient (Wildman–Crippen LogP) is 3.12. The van der Waals surface area contributed by atoms with Crippen LogP contribution in [-0.2, 0) is 6.54 Å². The largest absolute Gasteiger partial charge is 0.356 e. The normalized spacial score (nSPS) is 20.7. The number of thiazole rings is 1. The molecule has 0 aromatic carbocycles. The van der Waals surface area contributed by atoms with E-state index in [2.05, 4.69) is 39.8 Å². The van der Waals surface area contributed by atoms with Gasteiger partial charge in [-0.1, -0.05) is 13.8 Å². The molecule has 2 aliphatic carbocycles. The molecule has 1 aromatic rings. The fourth-order valence-corrected chi connectivity index (χ4v) is 3.79. The minimum atomic E-state index is 0.501. The molecule has 0 spiro atoms. The third-order valence-corrected chi connectivity index (χ3v) is 5.60. The maximum Gasteiger partial charge on any atom is 0.191 e. The quantitative estimate of drug-likeness (QED) is 0.627. The van der Waals surface area contributed by atoms with Gasteiger partial charge >= 0.3 is 0 Å². The highest BCUT2D eigenvalue weighted by Gasteiger charge is 2.53. The molecule has 1 heterocycles. The second-order valence-corrected chi connectivity index (χ2v) is 7.68. The average molecular weight is 306 g/mol. The van der Waals surface area contributed by atoms with Gasteiger partial charge in [-0.05, 0) is 42.9 Å². The minimum Gasteiger partial charge on any atom is -0.356 e. The minimum absolute atomic E-state index is 0.501. The van der Waals surface area contributed by atoms with Gasteiger partial charge in [0.25, 0.3) is 0 Å². The molecule has 2 saturated carbocycles. The van der Waals surface area contributed by atoms with Crippen LogP contribution in [0.15, 0.2) is 10.4 Å². The first-order valence-corrected chi connectivity index (χ1v) is 8.90. The number of aromatic nitrogens is 1. The average Bonchev–Trinajstić information content (AvgIpc) is 3.37. The molecule has 2 N–H and O–H groups in total. The third kappa shape index (κ3) is 3.57. The summed E-state index contributed by atoms with van der Waals surface area (Å²) in [6.45, 7) is 6.19. The number of aliphatic imine (C=N–C) groups is 1. The number of nitrogens with one attached hydrogen (secondary N) is 2. The third-order valence-electron chi connectivity index (χ3n) is 4.74. The molecule has 5 heteroatoms. The molecule has 0 unspecified atom stereocenters. The van der Waals surface area contributed by atoms with Crippen molar-refractivity contribution in [2.24, 2.45) is 16.3 Å². The van der Waals surface area contributed by atoms with Gasteiger partial charge in [-0.2, -0.15) is 0 Å². The fraction of sp³-hybridized carbons (Fsp3) is 0.750. The van der Waals surface area contributed by atoms with E-state index in [1.807, 2.05) is 7.05 Å². The maximum absolute atomic E-state index is 4.65. The first-order chi connectivity index (χ1) is 10.1. The molecule has 116 valence electrons. The molecule has 0 saturated heterocycles. The second-order valence-electron chi connectivity index (χ2n) is 6.74. The van der Waals surface area contributed by atoms with Crippen molar-refractivity contribution in [3.8, 4) is 0 Å². The van der Waals surface area contributed by atoms with Crippen LogP contribution in [0.5, 0.6) is 0 Å². The van der Waals surface area contributed by atoms with Crippen LogP contribution in [0.25, 0.3) is 0 Å². The lowest BCUT2D eigenvalue weighted by Crippen LogP contribution is -2.40. The Morgan fingerprint density at radius 1 is 1.43 bits per heavy atom. The van der Waals surface area contributed by atoms with Gasteiger partial charge < -0.3 is 10.6 Å². The van der Waals surface area contributed by atoms with Crippen molar-refractivity contribution in [3.05, 3.63) is 16.1 Å². The van der Waals surface area contributed by atoms with Crippen LogP contribution in [0.4, 0.5) is 0 Å². The van der Waals surface area contributed by atoms with Crippen molar-refractivity contribution in [3.63, 3.8) is 0 Å². The summed E-state index contributed by atoms with van der Waals surface area (Å²) in [6.07, 6.45) is 5.66. The van der Waals surface area contributed by atoms with E-state index in [-0.39, 0.29) is 0 Å². The van der Waals surface area contributed by atoms with Gasteiger partial charge in [0.05, 0.1) is 12.2 Å². The standard InChI is InChI=1S/C16H26N4S/c1-11(2)13-9-21-14(20-13)8-18-15(17-3)19-10-16(6-7-16)12-4-5-12/h9,11-12H,4-8,10H2,1-3H3,(H2,17,18,19). The van der Waals surface area contributed by atoms with Gasteiger partial charge in [0.1, 0.15) is 5.01 Å². The summed E-state index contributed by atoms with van der Waals surface area (Å²) in [5.74, 6) is 2.39. The van der Waals surface area contributed by atoms with Crippen molar-refractivity contribution in [2.75, 3.05) is 13.6 Å². The van der Waals surface area contributed by atoms with Crippen LogP contribution in [0.1, 0.15) is 56.2 Å². The summed E-state index contributed by atoms with van der Waals surface area (Å²) in [5, 5.41) is 10.2. The molecule has 21 heavy (non-hydrogen) atoms. The van der Waals surface area contributed by atoms with Crippen LogP contribution in [0, 0.1) is 11.3 Å². The van der Waals surface area contributed by atoms with E-state index in [0.717, 1.165) is 30.0 Å². The summed E-state index contributed by atoms with van der Waals surface area (Å²) in [7, 11) is 1.84. The molecule has 0 bridgehead atoms. The Hall–Kier alpha value is -1.10. The zero-order valence-electron chi connectivity index (χ0n) is 13.3. The number of guanidine groups is 1. The smallest absolute Gasteiger partial charge is 0.191 e. The topological polar surface area (TPSA) is 49.3 Å². The molecule has 0 atom stereocenters. The summed E-state index contributed by atoms with van der Waals surface area (Å²) in [5.41, 5.74) is 1.79. The molecular weight excluding hydrogens is 280 g/mol. The first kappa shape index (κ1) is 14.8. The molecule has 4 nitrogen and oxygen atoms in total. The van der Waals surface area contributed by atoms with Crippen molar-refractivity contribution in [2.45, 2.75) is 52.0 Å². The summed E-state index contributed by atoms with van der Waals surface area (Å²) in [4.78, 5) is 8.98. The lowest BCUT2D eigenvalue weighted by Gasteiger charge is -2.17. The van der Waals surface area contributed by atoms with E-state index >= 15 is 0 Å². The molecule has 2 aliphatic rings. The molecule has 1 aromatic heterocycles. The molecule has 0 amide bonds. The Kier molecular flexibility index (Phi) is 4.20. The highest BCUT2D eigenvalue weighted by atomic mass is 32.1. The number of rotatable bonds is 6. The number of nitrogens with zero attached hydrogens (tertiary/aromatic N) is 2. The van der Waals surface area contributed by atoms with Crippen LogP contribution < -0.4 is 10.6 Å². The van der Waals surface area contributed by atoms with E-state index < -0.39 is 0 Å². The van der Waals surface area contributed by atoms with Gasteiger partial charge in [0.15, 0.2) is 5.96 Å². The summed E-state index contributed by atoms with van der Waals surface area (Å²) in [6, 6.07) is 0. The number of hydrogen-bond acceptors (Lipinski definition) is 3. The Labute approximate surface area is 131 Å². The molecule has 0 radical (unpaired) electrons. The van der Waals surface area contributed by atoms with Crippen molar-refractivity contribution in [1.82, 2.24) is 15.6 Å². The maximum atomic E-state index is 4.65. The molecular formula is C16H26N4S. The van der Waals surface area contributed by atoms with Crippen LogP contribution >= 0.6 is 11.3 Å². The highest BCUT2D eigenvalue weighted by Crippen LogP contribution is 2.60. The van der Waals surface area contributed by atoms with Crippen molar-refractivity contribution < 1.29 is 0 Å². The van der Waals surface area contributed by atoms with Gasteiger partial charge in [-0.25, -0.2) is 4.98 Å². The second kappa shape index (κ2) is 5.95. The van der Waals surface area contributed by atoms with Crippen molar-refractivity contribution >= 4 is 17.3 Å². The van der Waals surface area contributed by atoms with Crippen LogP contribution in [0.3, 0.4) is 0 Å². The van der Waals surface area contributed by atoms with Gasteiger partial charge in [0.2, 0.25) is 0 Å². The van der Waals surface area contributed by atoms with E-state index in [4.69, 9.17) is 0 Å². The van der Waals surface area contributed by atoms with E-state index in [1.54, 1.807) is 11.3 Å². The first-order valence-electron chi connectivity index (χ1n) is 8.02. The van der Waals surface area contributed by atoms with Gasteiger partial charge in [-0.15, -0.1) is 11.3 Å². The van der Waals surface area contributed by atoms with Crippen molar-refractivity contribution in [1.29, 1.82) is 0 Å². The van der Waals surface area contributed by atoms with Gasteiger partial charge in [0, 0.05) is 19.0 Å². The fourth-order valence-electron chi connectivity index (χ4n) is 2.90. The zero-order valence-corrected chi connectivity index (χ0v) is 14.1. The lowest BCUT2D eigenvalue weighted by atomic mass is 10.0. The predicted molar refractivity (Wildman–Crippen MR) is 88.8 cm³/mol. The molecule has 2 fully saturated rings. The Bertz CT molecular complexity index is 512. The van der Waals surface area contributed by atoms with E-state index in [9.17, 15) is 0 Å². The van der Waals surface area contributed by atoms with Crippen LogP contribution in [-0.4, -0.2) is 24.5 Å². The van der Waals surface area contributed by atoms with E-state index in [1.165, 1.54) is 31.4 Å². The Balaban J connectivity index is 1.46. The van der Waals surface area contributed by atoms with E-state index in [0.29, 0.717) is 11.3 Å². The SMILES string of the molecule is CN=C(NCc1nc(C(C)C)cs1)NCC1(C2CC2)CC1. The zero-order chi connectivity index (χ0) is 14.9. The highest BCUT2D eigenvalue weighted by molar-refractivity contribution is 7.09. The molecule has 0 aliphatic heterocycles.